The molecular weight excluding hydrogens is 716 g/mol. The molecule has 318 valence electrons. The maximum absolute atomic E-state index is 12.3. The number of ether oxygens (including phenoxy) is 5. The minimum atomic E-state index is -1.69. The first-order valence-electron chi connectivity index (χ1n) is 20.9. The van der Waals surface area contributed by atoms with E-state index < -0.39 is 103 Å². The van der Waals surface area contributed by atoms with Gasteiger partial charge in [0, 0.05) is 0 Å². The molecule has 0 aromatic carbocycles. The van der Waals surface area contributed by atoms with E-state index in [-0.39, 0.29) is 46.5 Å². The highest BCUT2D eigenvalue weighted by molar-refractivity contribution is 5.18. The number of hydrogen-bond acceptors (Lipinski definition) is 14. The second-order valence-electron chi connectivity index (χ2n) is 20.6. The minimum absolute atomic E-state index is 0.0613. The molecule has 14 nitrogen and oxygen atoms in total. The number of aliphatic hydroxyl groups excluding tert-OH is 8. The zero-order valence-electron chi connectivity index (χ0n) is 33.9. The Bertz CT molecular complexity index is 1380. The van der Waals surface area contributed by atoms with Gasteiger partial charge >= 0.3 is 0 Å². The topological polar surface area (TPSA) is 228 Å². The molecule has 3 heterocycles. The van der Waals surface area contributed by atoms with Crippen molar-refractivity contribution >= 4 is 0 Å². The van der Waals surface area contributed by atoms with Gasteiger partial charge in [0.1, 0.15) is 42.7 Å². The van der Waals surface area contributed by atoms with Gasteiger partial charge in [-0.2, -0.15) is 0 Å². The van der Waals surface area contributed by atoms with Gasteiger partial charge in [0.2, 0.25) is 0 Å². The third-order valence-electron chi connectivity index (χ3n) is 16.6. The Hall–Kier alpha value is -0.560. The van der Waals surface area contributed by atoms with Crippen LogP contribution in [0.15, 0.2) is 0 Å². The number of aliphatic hydroxyl groups is 9. The van der Waals surface area contributed by atoms with E-state index in [0.29, 0.717) is 25.7 Å². The van der Waals surface area contributed by atoms with Crippen LogP contribution in [0.25, 0.3) is 0 Å². The summed E-state index contributed by atoms with van der Waals surface area (Å²) < 4.78 is 31.8. The third-order valence-corrected chi connectivity index (χ3v) is 16.6. The number of fused-ring (bicyclic) bond motifs is 5. The van der Waals surface area contributed by atoms with Crippen LogP contribution in [-0.2, 0) is 23.7 Å². The summed E-state index contributed by atoms with van der Waals surface area (Å²) in [6, 6.07) is 0. The molecule has 4 saturated carbocycles. The first kappa shape index (κ1) is 42.6. The van der Waals surface area contributed by atoms with Gasteiger partial charge in [-0.3, -0.25) is 0 Å². The second kappa shape index (κ2) is 14.6. The molecule has 55 heavy (non-hydrogen) atoms. The van der Waals surface area contributed by atoms with Crippen LogP contribution >= 0.6 is 0 Å². The Morgan fingerprint density at radius 2 is 1.35 bits per heavy atom. The molecule has 0 aromatic heterocycles. The SMILES string of the molecule is CC1OC(OC2C(OC3CC4C(CC(O)C5C(C6(C)CCC(C(C)(C)O)O6)CCC45C)C4(C)CCC(O)C(C)(C)C34)OC(CO)C(O)C2O)C(O)C(O)C1O. The van der Waals surface area contributed by atoms with Gasteiger partial charge in [0.15, 0.2) is 12.6 Å². The van der Waals surface area contributed by atoms with Crippen LogP contribution in [0.1, 0.15) is 107 Å². The van der Waals surface area contributed by atoms with Crippen molar-refractivity contribution in [2.75, 3.05) is 6.61 Å². The van der Waals surface area contributed by atoms with Crippen molar-refractivity contribution in [3.63, 3.8) is 0 Å². The van der Waals surface area contributed by atoms with Gasteiger partial charge in [0.05, 0.1) is 48.3 Å². The first-order valence-corrected chi connectivity index (χ1v) is 20.9. The zero-order chi connectivity index (χ0) is 40.4. The van der Waals surface area contributed by atoms with Gasteiger partial charge in [0.25, 0.3) is 0 Å². The van der Waals surface area contributed by atoms with E-state index in [4.69, 9.17) is 23.7 Å². The van der Waals surface area contributed by atoms with Gasteiger partial charge in [-0.05, 0) is 125 Å². The maximum Gasteiger partial charge on any atom is 0.187 e. The summed E-state index contributed by atoms with van der Waals surface area (Å²) in [7, 11) is 0. The number of hydrogen-bond donors (Lipinski definition) is 9. The minimum Gasteiger partial charge on any atom is -0.394 e. The van der Waals surface area contributed by atoms with Crippen LogP contribution < -0.4 is 0 Å². The lowest BCUT2D eigenvalue weighted by atomic mass is 9.39. The van der Waals surface area contributed by atoms with Gasteiger partial charge < -0.3 is 69.6 Å². The summed E-state index contributed by atoms with van der Waals surface area (Å²) in [6.07, 6.45) is -10.7. The highest BCUT2D eigenvalue weighted by atomic mass is 16.8. The Morgan fingerprint density at radius 3 is 1.98 bits per heavy atom. The normalized spacial score (nSPS) is 56.8. The Kier molecular flexibility index (Phi) is 11.3. The van der Waals surface area contributed by atoms with Crippen molar-refractivity contribution in [3.8, 4) is 0 Å². The lowest BCUT2D eigenvalue weighted by Crippen LogP contribution is -2.68. The average Bonchev–Trinajstić information content (AvgIpc) is 3.70. The third kappa shape index (κ3) is 6.78. The largest absolute Gasteiger partial charge is 0.394 e. The van der Waals surface area contributed by atoms with Crippen molar-refractivity contribution in [3.05, 3.63) is 0 Å². The Balaban J connectivity index is 1.23. The Labute approximate surface area is 325 Å². The predicted octanol–water partition coefficient (Wildman–Crippen LogP) is 0.969. The molecule has 22 unspecified atom stereocenters. The summed E-state index contributed by atoms with van der Waals surface area (Å²) >= 11 is 0. The maximum atomic E-state index is 12.3. The van der Waals surface area contributed by atoms with Crippen LogP contribution in [0.5, 0.6) is 0 Å². The molecule has 7 fully saturated rings. The second-order valence-corrected chi connectivity index (χ2v) is 20.6. The summed E-state index contributed by atoms with van der Waals surface area (Å²) in [4.78, 5) is 0. The molecule has 3 aliphatic heterocycles. The smallest absolute Gasteiger partial charge is 0.187 e. The molecule has 3 saturated heterocycles. The highest BCUT2D eigenvalue weighted by Crippen LogP contribution is 2.72. The quantitative estimate of drug-likeness (QED) is 0.164. The van der Waals surface area contributed by atoms with E-state index in [1.807, 2.05) is 13.8 Å². The summed E-state index contributed by atoms with van der Waals surface area (Å²) in [5, 5.41) is 99.1. The first-order chi connectivity index (χ1) is 25.5. The predicted molar refractivity (Wildman–Crippen MR) is 196 cm³/mol. The molecular formula is C41H70O14. The molecule has 14 heteroatoms. The van der Waals surface area contributed by atoms with E-state index in [1.54, 1.807) is 13.8 Å². The molecule has 0 spiro atoms. The van der Waals surface area contributed by atoms with Crippen LogP contribution in [0.3, 0.4) is 0 Å². The van der Waals surface area contributed by atoms with Crippen molar-refractivity contribution in [1.29, 1.82) is 0 Å². The molecule has 0 bridgehead atoms. The van der Waals surface area contributed by atoms with E-state index in [0.717, 1.165) is 25.7 Å². The monoisotopic (exact) mass is 786 g/mol. The fourth-order valence-electron chi connectivity index (χ4n) is 13.6. The molecule has 0 amide bonds. The fourth-order valence-corrected chi connectivity index (χ4v) is 13.6. The van der Waals surface area contributed by atoms with E-state index in [9.17, 15) is 46.0 Å². The number of rotatable bonds is 7. The molecule has 22 atom stereocenters. The zero-order valence-corrected chi connectivity index (χ0v) is 33.9. The van der Waals surface area contributed by atoms with Crippen molar-refractivity contribution in [2.24, 2.45) is 45.8 Å². The molecule has 7 aliphatic rings. The van der Waals surface area contributed by atoms with Gasteiger partial charge in [-0.25, -0.2) is 0 Å². The van der Waals surface area contributed by atoms with Crippen molar-refractivity contribution in [1.82, 2.24) is 0 Å². The molecule has 7 rings (SSSR count). The molecule has 0 radical (unpaired) electrons. The summed E-state index contributed by atoms with van der Waals surface area (Å²) in [6.45, 7) is 15.3. The molecule has 0 aromatic rings. The van der Waals surface area contributed by atoms with E-state index in [2.05, 4.69) is 20.8 Å². The molecule has 9 N–H and O–H groups in total. The highest BCUT2D eigenvalue weighted by Gasteiger charge is 2.70. The van der Waals surface area contributed by atoms with Crippen LogP contribution in [0.4, 0.5) is 0 Å². The summed E-state index contributed by atoms with van der Waals surface area (Å²) in [5.74, 6) is -0.0280. The van der Waals surface area contributed by atoms with Crippen LogP contribution in [-0.4, -0.2) is 150 Å². The molecule has 4 aliphatic carbocycles. The lowest BCUT2D eigenvalue weighted by Gasteiger charge is -2.68. The van der Waals surface area contributed by atoms with Crippen LogP contribution in [0.2, 0.25) is 0 Å². The fraction of sp³-hybridized carbons (Fsp3) is 1.00. The van der Waals surface area contributed by atoms with Crippen molar-refractivity contribution in [2.45, 2.75) is 204 Å². The van der Waals surface area contributed by atoms with Gasteiger partial charge in [-0.15, -0.1) is 0 Å². The average molecular weight is 787 g/mol. The lowest BCUT2D eigenvalue weighted by molar-refractivity contribution is -0.379. The van der Waals surface area contributed by atoms with E-state index in [1.165, 1.54) is 6.92 Å². The summed E-state index contributed by atoms with van der Waals surface area (Å²) in [5.41, 5.74) is -2.81. The van der Waals surface area contributed by atoms with Crippen molar-refractivity contribution < 1.29 is 69.6 Å². The van der Waals surface area contributed by atoms with Crippen LogP contribution in [0, 0.1) is 45.8 Å². The Morgan fingerprint density at radius 1 is 0.691 bits per heavy atom. The van der Waals surface area contributed by atoms with E-state index >= 15 is 0 Å². The standard InChI is InChI=1S/C41H70O14/c1-18-28(45)30(47)32(49)35(51-18)54-33-31(48)29(46)24(17-42)53-36(33)52-23-16-21-20(40(7)13-10-25(44)37(2,3)34(23)40)15-22(43)27-19(9-12-39(21,27)6)41(8)14-11-26(55-41)38(4,5)50/h18-36,42-50H,9-17H2,1-8H3. The van der Waals surface area contributed by atoms with Gasteiger partial charge in [-0.1, -0.05) is 27.7 Å².